The molecule has 0 aromatic heterocycles. The quantitative estimate of drug-likeness (QED) is 0.842. The molecule has 0 aliphatic heterocycles. The molecule has 2 N–H and O–H groups in total. The van der Waals surface area contributed by atoms with Crippen molar-refractivity contribution in [1.29, 1.82) is 0 Å². The van der Waals surface area contributed by atoms with Crippen molar-refractivity contribution in [2.24, 2.45) is 5.92 Å². The van der Waals surface area contributed by atoms with E-state index in [2.05, 4.69) is 5.32 Å². The fourth-order valence-electron chi connectivity index (χ4n) is 1.60. The van der Waals surface area contributed by atoms with Crippen LogP contribution in [0.25, 0.3) is 0 Å². The molecule has 4 heteroatoms. The Labute approximate surface area is 107 Å². The minimum absolute atomic E-state index is 0.0791. The van der Waals surface area contributed by atoms with E-state index in [-0.39, 0.29) is 11.5 Å². The van der Waals surface area contributed by atoms with Gasteiger partial charge < -0.3 is 10.4 Å². The van der Waals surface area contributed by atoms with E-state index in [9.17, 15) is 9.59 Å². The Hall–Kier alpha value is -1.84. The third-order valence-corrected chi connectivity index (χ3v) is 2.98. The number of amides is 1. The van der Waals surface area contributed by atoms with Crippen LogP contribution in [-0.2, 0) is 4.79 Å². The lowest BCUT2D eigenvalue weighted by atomic mass is 10.0. The number of rotatable bonds is 5. The number of carboxylic acids is 1. The van der Waals surface area contributed by atoms with Gasteiger partial charge in [0.1, 0.15) is 0 Å². The van der Waals surface area contributed by atoms with Crippen LogP contribution in [0.3, 0.4) is 0 Å². The molecule has 0 spiro atoms. The Morgan fingerprint density at radius 2 is 2.06 bits per heavy atom. The summed E-state index contributed by atoms with van der Waals surface area (Å²) in [6.07, 6.45) is 1.40. The van der Waals surface area contributed by atoms with Gasteiger partial charge in [0.05, 0.1) is 5.56 Å². The lowest BCUT2D eigenvalue weighted by molar-refractivity contribution is -0.117. The van der Waals surface area contributed by atoms with Crippen molar-refractivity contribution in [3.8, 4) is 0 Å². The molecule has 0 heterocycles. The van der Waals surface area contributed by atoms with Crippen LogP contribution in [0, 0.1) is 12.8 Å². The van der Waals surface area contributed by atoms with Gasteiger partial charge in [-0.15, -0.1) is 0 Å². The summed E-state index contributed by atoms with van der Waals surface area (Å²) < 4.78 is 0. The number of carboxylic acid groups (broad SMARTS) is 1. The highest BCUT2D eigenvalue weighted by atomic mass is 16.4. The van der Waals surface area contributed by atoms with Gasteiger partial charge in [-0.1, -0.05) is 26.3 Å². The van der Waals surface area contributed by atoms with Crippen LogP contribution in [0.4, 0.5) is 5.69 Å². The topological polar surface area (TPSA) is 66.4 Å². The maximum Gasteiger partial charge on any atom is 0.336 e. The maximum absolute atomic E-state index is 11.7. The molecule has 1 amide bonds. The van der Waals surface area contributed by atoms with E-state index in [1.807, 2.05) is 13.8 Å². The first kappa shape index (κ1) is 14.2. The van der Waals surface area contributed by atoms with Crippen LogP contribution < -0.4 is 5.32 Å². The molecule has 0 saturated heterocycles. The molecule has 0 bridgehead atoms. The number of aryl methyl sites for hydroxylation is 1. The number of benzene rings is 1. The van der Waals surface area contributed by atoms with Crippen LogP contribution >= 0.6 is 0 Å². The van der Waals surface area contributed by atoms with Gasteiger partial charge in [0.15, 0.2) is 0 Å². The smallest absolute Gasteiger partial charge is 0.336 e. The van der Waals surface area contributed by atoms with E-state index < -0.39 is 5.97 Å². The molecule has 98 valence electrons. The molecule has 1 atom stereocenters. The SMILES string of the molecule is CCC(C)CC(=O)Nc1ccc(C)c(C(=O)O)c1. The van der Waals surface area contributed by atoms with Crippen LogP contribution in [-0.4, -0.2) is 17.0 Å². The van der Waals surface area contributed by atoms with Gasteiger partial charge in [0.25, 0.3) is 0 Å². The van der Waals surface area contributed by atoms with Crippen LogP contribution in [0.15, 0.2) is 18.2 Å². The summed E-state index contributed by atoms with van der Waals surface area (Å²) in [7, 11) is 0. The minimum atomic E-state index is -0.981. The predicted molar refractivity (Wildman–Crippen MR) is 70.8 cm³/mol. The standard InChI is InChI=1S/C14H19NO3/c1-4-9(2)7-13(16)15-11-6-5-10(3)12(8-11)14(17)18/h5-6,8-9H,4,7H2,1-3H3,(H,15,16)(H,17,18). The van der Waals surface area contributed by atoms with E-state index in [1.165, 1.54) is 6.07 Å². The second-order valence-corrected chi connectivity index (χ2v) is 4.60. The van der Waals surface area contributed by atoms with Gasteiger partial charge in [-0.3, -0.25) is 4.79 Å². The van der Waals surface area contributed by atoms with E-state index >= 15 is 0 Å². The van der Waals surface area contributed by atoms with Crippen LogP contribution in [0.5, 0.6) is 0 Å². The Morgan fingerprint density at radius 1 is 1.39 bits per heavy atom. The lowest BCUT2D eigenvalue weighted by Crippen LogP contribution is -2.15. The highest BCUT2D eigenvalue weighted by molar-refractivity contribution is 5.94. The zero-order chi connectivity index (χ0) is 13.7. The molecular weight excluding hydrogens is 230 g/mol. The molecule has 1 rings (SSSR count). The van der Waals surface area contributed by atoms with Crippen molar-refractivity contribution in [3.63, 3.8) is 0 Å². The van der Waals surface area contributed by atoms with Crippen molar-refractivity contribution >= 4 is 17.6 Å². The monoisotopic (exact) mass is 249 g/mol. The molecule has 0 aliphatic rings. The van der Waals surface area contributed by atoms with E-state index in [0.717, 1.165) is 6.42 Å². The number of carbonyl (C=O) groups excluding carboxylic acids is 1. The predicted octanol–water partition coefficient (Wildman–Crippen LogP) is 3.07. The summed E-state index contributed by atoms with van der Waals surface area (Å²) in [5.74, 6) is -0.732. The highest BCUT2D eigenvalue weighted by Gasteiger charge is 2.11. The van der Waals surface area contributed by atoms with E-state index in [1.54, 1.807) is 19.1 Å². The molecule has 1 aromatic carbocycles. The van der Waals surface area contributed by atoms with E-state index in [0.29, 0.717) is 23.6 Å². The normalized spacial score (nSPS) is 11.9. The summed E-state index contributed by atoms with van der Waals surface area (Å²) >= 11 is 0. The van der Waals surface area contributed by atoms with Gasteiger partial charge in [0.2, 0.25) is 5.91 Å². The van der Waals surface area contributed by atoms with Crippen LogP contribution in [0.1, 0.15) is 42.6 Å². The van der Waals surface area contributed by atoms with Crippen molar-refractivity contribution < 1.29 is 14.7 Å². The Kier molecular flexibility index (Phi) is 4.89. The van der Waals surface area contributed by atoms with E-state index in [4.69, 9.17) is 5.11 Å². The number of hydrogen-bond acceptors (Lipinski definition) is 2. The average Bonchev–Trinajstić information content (AvgIpc) is 2.31. The van der Waals surface area contributed by atoms with Gasteiger partial charge in [0, 0.05) is 12.1 Å². The molecule has 0 radical (unpaired) electrons. The average molecular weight is 249 g/mol. The fraction of sp³-hybridized carbons (Fsp3) is 0.429. The van der Waals surface area contributed by atoms with Gasteiger partial charge in [-0.2, -0.15) is 0 Å². The van der Waals surface area contributed by atoms with Gasteiger partial charge in [-0.05, 0) is 30.5 Å². The Balaban J connectivity index is 2.76. The summed E-state index contributed by atoms with van der Waals surface area (Å²) in [5.41, 5.74) is 1.44. The van der Waals surface area contributed by atoms with Gasteiger partial charge >= 0.3 is 5.97 Å². The summed E-state index contributed by atoms with van der Waals surface area (Å²) in [5, 5.41) is 11.7. The zero-order valence-electron chi connectivity index (χ0n) is 11.0. The molecule has 0 saturated carbocycles. The second kappa shape index (κ2) is 6.19. The number of aromatic carboxylic acids is 1. The summed E-state index contributed by atoms with van der Waals surface area (Å²) in [6, 6.07) is 4.91. The number of nitrogens with one attached hydrogen (secondary N) is 1. The van der Waals surface area contributed by atoms with Crippen molar-refractivity contribution in [1.82, 2.24) is 0 Å². The first-order valence-electron chi connectivity index (χ1n) is 6.07. The largest absolute Gasteiger partial charge is 0.478 e. The van der Waals surface area contributed by atoms with Crippen molar-refractivity contribution in [2.45, 2.75) is 33.6 Å². The Bertz CT molecular complexity index is 454. The Morgan fingerprint density at radius 3 is 2.61 bits per heavy atom. The second-order valence-electron chi connectivity index (χ2n) is 4.60. The van der Waals surface area contributed by atoms with Gasteiger partial charge in [-0.25, -0.2) is 4.79 Å². The third kappa shape index (κ3) is 3.87. The number of carbonyl (C=O) groups is 2. The van der Waals surface area contributed by atoms with Crippen molar-refractivity contribution in [3.05, 3.63) is 29.3 Å². The molecule has 4 nitrogen and oxygen atoms in total. The minimum Gasteiger partial charge on any atom is -0.478 e. The molecular formula is C14H19NO3. The molecule has 0 aliphatic carbocycles. The first-order chi connectivity index (χ1) is 8.43. The number of hydrogen-bond donors (Lipinski definition) is 2. The van der Waals surface area contributed by atoms with Crippen molar-refractivity contribution in [2.75, 3.05) is 5.32 Å². The third-order valence-electron chi connectivity index (χ3n) is 2.98. The molecule has 1 unspecified atom stereocenters. The summed E-state index contributed by atoms with van der Waals surface area (Å²) in [6.45, 7) is 5.78. The lowest BCUT2D eigenvalue weighted by Gasteiger charge is -2.10. The summed E-state index contributed by atoms with van der Waals surface area (Å²) in [4.78, 5) is 22.7. The maximum atomic E-state index is 11.7. The number of anilines is 1. The van der Waals surface area contributed by atoms with Crippen LogP contribution in [0.2, 0.25) is 0 Å². The zero-order valence-corrected chi connectivity index (χ0v) is 11.0. The molecule has 18 heavy (non-hydrogen) atoms. The highest BCUT2D eigenvalue weighted by Crippen LogP contribution is 2.16. The fourth-order valence-corrected chi connectivity index (χ4v) is 1.60. The molecule has 1 aromatic rings. The molecule has 0 fully saturated rings. The first-order valence-corrected chi connectivity index (χ1v) is 6.07.